The van der Waals surface area contributed by atoms with Crippen LogP contribution >= 0.6 is 27.7 Å². The topological polar surface area (TPSA) is 38.9 Å². The van der Waals surface area contributed by atoms with Gasteiger partial charge >= 0.3 is 0 Å². The number of nitrogens with two attached hydrogens (primary N) is 1. The fraction of sp³-hybridized carbons (Fsp3) is 0.118. The average molecular weight is 359 g/mol. The van der Waals surface area contributed by atoms with E-state index < -0.39 is 0 Å². The van der Waals surface area contributed by atoms with E-state index in [9.17, 15) is 0 Å². The Morgan fingerprint density at radius 3 is 2.81 bits per heavy atom. The minimum Gasteiger partial charge on any atom is -0.397 e. The van der Waals surface area contributed by atoms with Gasteiger partial charge in [0.2, 0.25) is 0 Å². The Morgan fingerprint density at radius 2 is 2.00 bits per heavy atom. The third-order valence-corrected chi connectivity index (χ3v) is 5.13. The molecule has 0 amide bonds. The van der Waals surface area contributed by atoms with Crippen LogP contribution in [0.15, 0.2) is 58.0 Å². The van der Waals surface area contributed by atoms with E-state index in [0.717, 1.165) is 31.7 Å². The molecule has 1 aromatic heterocycles. The Hall–Kier alpha value is -1.52. The lowest BCUT2D eigenvalue weighted by atomic mass is 10.1. The molecule has 2 N–H and O–H groups in total. The lowest BCUT2D eigenvalue weighted by molar-refractivity contribution is 1.30. The molecule has 0 saturated carbocycles. The van der Waals surface area contributed by atoms with Crippen molar-refractivity contribution < 1.29 is 0 Å². The molecule has 2 aromatic carbocycles. The number of anilines is 1. The van der Waals surface area contributed by atoms with Gasteiger partial charge in [-0.05, 0) is 36.2 Å². The predicted octanol–water partition coefficient (Wildman–Crippen LogP) is 5.18. The number of fused-ring (bicyclic) bond motifs is 1. The van der Waals surface area contributed by atoms with E-state index in [1.807, 2.05) is 12.1 Å². The molecule has 0 saturated heterocycles. The van der Waals surface area contributed by atoms with Crippen molar-refractivity contribution in [2.45, 2.75) is 17.6 Å². The molecule has 0 atom stereocenters. The van der Waals surface area contributed by atoms with E-state index in [1.165, 1.54) is 11.1 Å². The van der Waals surface area contributed by atoms with Gasteiger partial charge in [0.15, 0.2) is 0 Å². The molecule has 0 fully saturated rings. The number of hydrogen-bond donors (Lipinski definition) is 1. The molecule has 21 heavy (non-hydrogen) atoms. The summed E-state index contributed by atoms with van der Waals surface area (Å²) in [7, 11) is 0. The summed E-state index contributed by atoms with van der Waals surface area (Å²) in [5.41, 5.74) is 10.5. The molecule has 3 aromatic rings. The molecule has 0 aliphatic carbocycles. The molecule has 0 aliphatic heterocycles. The molecule has 0 aliphatic rings. The highest BCUT2D eigenvalue weighted by Gasteiger charge is 2.09. The predicted molar refractivity (Wildman–Crippen MR) is 94.6 cm³/mol. The Morgan fingerprint density at radius 1 is 1.19 bits per heavy atom. The van der Waals surface area contributed by atoms with Gasteiger partial charge in [-0.2, -0.15) is 0 Å². The second-order valence-corrected chi connectivity index (χ2v) is 6.82. The minimum absolute atomic E-state index is 0.735. The first-order valence-electron chi connectivity index (χ1n) is 6.66. The van der Waals surface area contributed by atoms with E-state index in [4.69, 9.17) is 5.73 Å². The number of aromatic nitrogens is 1. The standard InChI is InChI=1S/C17H15BrN2S/c1-11-4-2-3-5-12(11)10-21-17-14-8-13(18)6-7-16(14)20-9-15(17)19/h2-9H,10,19H2,1H3. The maximum atomic E-state index is 6.14. The average Bonchev–Trinajstić information content (AvgIpc) is 2.48. The van der Waals surface area contributed by atoms with Gasteiger partial charge in [-0.1, -0.05) is 40.2 Å². The van der Waals surface area contributed by atoms with E-state index >= 15 is 0 Å². The van der Waals surface area contributed by atoms with Crippen molar-refractivity contribution in [3.63, 3.8) is 0 Å². The number of pyridine rings is 1. The monoisotopic (exact) mass is 358 g/mol. The van der Waals surface area contributed by atoms with Crippen LogP contribution in [0.3, 0.4) is 0 Å². The SMILES string of the molecule is Cc1ccccc1CSc1c(N)cnc2ccc(Br)cc12. The molecule has 0 unspecified atom stereocenters. The fourth-order valence-corrected chi connectivity index (χ4v) is 3.76. The van der Waals surface area contributed by atoms with Gasteiger partial charge in [-0.3, -0.25) is 4.98 Å². The largest absolute Gasteiger partial charge is 0.397 e. The summed E-state index contributed by atoms with van der Waals surface area (Å²) < 4.78 is 1.04. The van der Waals surface area contributed by atoms with Gasteiger partial charge in [-0.25, -0.2) is 0 Å². The molecular weight excluding hydrogens is 344 g/mol. The highest BCUT2D eigenvalue weighted by Crippen LogP contribution is 2.35. The summed E-state index contributed by atoms with van der Waals surface area (Å²) >= 11 is 5.29. The van der Waals surface area contributed by atoms with Crippen molar-refractivity contribution in [3.05, 3.63) is 64.3 Å². The highest BCUT2D eigenvalue weighted by atomic mass is 79.9. The van der Waals surface area contributed by atoms with Crippen LogP contribution in [0.4, 0.5) is 5.69 Å². The van der Waals surface area contributed by atoms with Gasteiger partial charge < -0.3 is 5.73 Å². The zero-order valence-electron chi connectivity index (χ0n) is 11.6. The first-order chi connectivity index (χ1) is 10.1. The van der Waals surface area contributed by atoms with E-state index in [-0.39, 0.29) is 0 Å². The first-order valence-corrected chi connectivity index (χ1v) is 8.44. The van der Waals surface area contributed by atoms with Crippen LogP contribution in [0.2, 0.25) is 0 Å². The lowest BCUT2D eigenvalue weighted by Gasteiger charge is -2.10. The van der Waals surface area contributed by atoms with Crippen LogP contribution in [0, 0.1) is 6.92 Å². The van der Waals surface area contributed by atoms with Gasteiger partial charge in [-0.15, -0.1) is 11.8 Å². The summed E-state index contributed by atoms with van der Waals surface area (Å²) in [6.45, 7) is 2.14. The van der Waals surface area contributed by atoms with Crippen molar-refractivity contribution in [1.29, 1.82) is 0 Å². The molecule has 0 spiro atoms. The van der Waals surface area contributed by atoms with Crippen LogP contribution in [0.5, 0.6) is 0 Å². The second-order valence-electron chi connectivity index (χ2n) is 4.92. The maximum absolute atomic E-state index is 6.14. The lowest BCUT2D eigenvalue weighted by Crippen LogP contribution is -1.94. The number of benzene rings is 2. The third kappa shape index (κ3) is 3.06. The minimum atomic E-state index is 0.735. The molecule has 4 heteroatoms. The number of aryl methyl sites for hydroxylation is 1. The molecule has 1 heterocycles. The Bertz CT molecular complexity index is 797. The third-order valence-electron chi connectivity index (χ3n) is 3.44. The first kappa shape index (κ1) is 14.4. The molecule has 2 nitrogen and oxygen atoms in total. The molecule has 3 rings (SSSR count). The highest BCUT2D eigenvalue weighted by molar-refractivity contribution is 9.10. The number of rotatable bonds is 3. The van der Waals surface area contributed by atoms with Crippen molar-refractivity contribution in [1.82, 2.24) is 4.98 Å². The van der Waals surface area contributed by atoms with E-state index in [1.54, 1.807) is 18.0 Å². The summed E-state index contributed by atoms with van der Waals surface area (Å²) in [6, 6.07) is 14.5. The number of hydrogen-bond acceptors (Lipinski definition) is 3. The zero-order valence-corrected chi connectivity index (χ0v) is 14.0. The normalized spacial score (nSPS) is 11.0. The van der Waals surface area contributed by atoms with Crippen molar-refractivity contribution in [2.75, 3.05) is 5.73 Å². The number of nitrogens with zero attached hydrogens (tertiary/aromatic N) is 1. The van der Waals surface area contributed by atoms with Crippen LogP contribution < -0.4 is 5.73 Å². The molecule has 106 valence electrons. The Labute approximate surface area is 136 Å². The second kappa shape index (κ2) is 6.08. The van der Waals surface area contributed by atoms with E-state index in [0.29, 0.717) is 0 Å². The van der Waals surface area contributed by atoms with Crippen LogP contribution in [0.1, 0.15) is 11.1 Å². The summed E-state index contributed by atoms with van der Waals surface area (Å²) in [5, 5.41) is 1.10. The summed E-state index contributed by atoms with van der Waals surface area (Å²) in [6.07, 6.45) is 1.75. The quantitative estimate of drug-likeness (QED) is 0.655. The van der Waals surface area contributed by atoms with Gasteiger partial charge in [0.1, 0.15) is 0 Å². The Balaban J connectivity index is 1.98. The summed E-state index contributed by atoms with van der Waals surface area (Å²) in [4.78, 5) is 5.50. The smallest absolute Gasteiger partial charge is 0.0715 e. The fourth-order valence-electron chi connectivity index (χ4n) is 2.24. The van der Waals surface area contributed by atoms with Crippen LogP contribution in [-0.2, 0) is 5.75 Å². The van der Waals surface area contributed by atoms with Crippen molar-refractivity contribution in [3.8, 4) is 0 Å². The number of nitrogen functional groups attached to an aromatic ring is 1. The van der Waals surface area contributed by atoms with Gasteiger partial charge in [0.05, 0.1) is 17.4 Å². The maximum Gasteiger partial charge on any atom is 0.0715 e. The van der Waals surface area contributed by atoms with E-state index in [2.05, 4.69) is 58.2 Å². The summed E-state index contributed by atoms with van der Waals surface area (Å²) in [5.74, 6) is 0.905. The van der Waals surface area contributed by atoms with Gasteiger partial charge in [0, 0.05) is 20.5 Å². The molecule has 0 radical (unpaired) electrons. The molecule has 0 bridgehead atoms. The van der Waals surface area contributed by atoms with Crippen LogP contribution in [0.25, 0.3) is 10.9 Å². The van der Waals surface area contributed by atoms with Gasteiger partial charge in [0.25, 0.3) is 0 Å². The Kier molecular flexibility index (Phi) is 4.17. The number of thioether (sulfide) groups is 1. The number of halogens is 1. The van der Waals surface area contributed by atoms with Crippen molar-refractivity contribution >= 4 is 44.3 Å². The van der Waals surface area contributed by atoms with Crippen molar-refractivity contribution in [2.24, 2.45) is 0 Å². The zero-order chi connectivity index (χ0) is 14.8. The van der Waals surface area contributed by atoms with Crippen LogP contribution in [-0.4, -0.2) is 4.98 Å². The molecular formula is C17H15BrN2S.